The summed E-state index contributed by atoms with van der Waals surface area (Å²) >= 11 is 1.51. The summed E-state index contributed by atoms with van der Waals surface area (Å²) in [6.45, 7) is 6.26. The van der Waals surface area contributed by atoms with Crippen LogP contribution in [0.3, 0.4) is 0 Å². The Balaban J connectivity index is 1.17. The number of amides is 4. The molecule has 4 N–H and O–H groups in total. The fourth-order valence-electron chi connectivity index (χ4n) is 6.38. The summed E-state index contributed by atoms with van der Waals surface area (Å²) in [5, 5.41) is 12.8. The first kappa shape index (κ1) is 27.4. The monoisotopic (exact) mass is 573 g/mol. The number of hydrogen-bond acceptors (Lipinski definition) is 6. The maximum absolute atomic E-state index is 13.6. The van der Waals surface area contributed by atoms with E-state index in [4.69, 9.17) is 4.74 Å². The highest BCUT2D eigenvalue weighted by Gasteiger charge is 2.52. The molecule has 0 spiro atoms. The molecule has 3 atom stereocenters. The Kier molecular flexibility index (Phi) is 7.77. The van der Waals surface area contributed by atoms with Gasteiger partial charge in [0.2, 0.25) is 5.91 Å². The zero-order chi connectivity index (χ0) is 28.5. The van der Waals surface area contributed by atoms with E-state index < -0.39 is 0 Å². The van der Waals surface area contributed by atoms with Crippen LogP contribution in [0.2, 0.25) is 0 Å². The van der Waals surface area contributed by atoms with E-state index in [1.807, 2.05) is 60.4 Å². The van der Waals surface area contributed by atoms with Crippen molar-refractivity contribution in [3.63, 3.8) is 0 Å². The molecule has 41 heavy (non-hydrogen) atoms. The molecule has 214 valence electrons. The average molecular weight is 574 g/mol. The third-order valence-corrected chi connectivity index (χ3v) is 9.70. The van der Waals surface area contributed by atoms with Gasteiger partial charge in [0.25, 0.3) is 5.91 Å². The number of anilines is 1. The maximum Gasteiger partial charge on any atom is 0.326 e. The van der Waals surface area contributed by atoms with Crippen molar-refractivity contribution in [2.24, 2.45) is 5.92 Å². The first-order chi connectivity index (χ1) is 19.9. The second kappa shape index (κ2) is 11.6. The van der Waals surface area contributed by atoms with Crippen molar-refractivity contribution >= 4 is 35.3 Å². The molecule has 0 bridgehead atoms. The molecule has 2 aromatic rings. The Hall–Kier alpha value is -3.76. The summed E-state index contributed by atoms with van der Waals surface area (Å²) in [6, 6.07) is 15.3. The maximum atomic E-state index is 13.6. The number of benzene rings is 2. The molecular formula is C31H35N5O4S. The third-order valence-electron chi connectivity index (χ3n) is 8.35. The summed E-state index contributed by atoms with van der Waals surface area (Å²) in [7, 11) is 0. The predicted molar refractivity (Wildman–Crippen MR) is 160 cm³/mol. The van der Waals surface area contributed by atoms with E-state index >= 15 is 0 Å². The molecule has 0 radical (unpaired) electrons. The minimum atomic E-state index is -0.215. The van der Waals surface area contributed by atoms with Crippen LogP contribution in [0.5, 0.6) is 11.5 Å². The van der Waals surface area contributed by atoms with Crippen molar-refractivity contribution in [3.8, 4) is 11.5 Å². The van der Waals surface area contributed by atoms with Crippen LogP contribution in [0.15, 0.2) is 71.8 Å². The summed E-state index contributed by atoms with van der Waals surface area (Å²) in [5.74, 6) is 1.16. The van der Waals surface area contributed by atoms with Crippen LogP contribution in [0, 0.1) is 12.8 Å². The zero-order valence-corrected chi connectivity index (χ0v) is 23.8. The van der Waals surface area contributed by atoms with Crippen LogP contribution in [0.4, 0.5) is 10.5 Å². The molecule has 3 heterocycles. The SMILES string of the molecule is C=CC(=O)NC1CCC(NC(=O)C2=C3NC(=O)N(c4ccc(Oc5ccccc5)cc4C)C4CCNC(S2)C34)CC1. The molecule has 4 amide bonds. The highest BCUT2D eigenvalue weighted by molar-refractivity contribution is 8.04. The molecule has 10 heteroatoms. The Morgan fingerprint density at radius 2 is 1.76 bits per heavy atom. The van der Waals surface area contributed by atoms with Crippen molar-refractivity contribution in [2.45, 2.75) is 62.5 Å². The van der Waals surface area contributed by atoms with Crippen LogP contribution in [-0.2, 0) is 9.59 Å². The van der Waals surface area contributed by atoms with Gasteiger partial charge < -0.3 is 26.0 Å². The smallest absolute Gasteiger partial charge is 0.326 e. The lowest BCUT2D eigenvalue weighted by atomic mass is 9.86. The molecule has 1 saturated carbocycles. The number of carbonyl (C=O) groups is 3. The quantitative estimate of drug-likeness (QED) is 0.368. The van der Waals surface area contributed by atoms with E-state index in [0.717, 1.165) is 61.3 Å². The Bertz CT molecular complexity index is 1390. The lowest BCUT2D eigenvalue weighted by Gasteiger charge is -2.46. The topological polar surface area (TPSA) is 112 Å². The molecule has 3 fully saturated rings. The highest BCUT2D eigenvalue weighted by Crippen LogP contribution is 2.48. The fraction of sp³-hybridized carbons (Fsp3) is 0.387. The first-order valence-electron chi connectivity index (χ1n) is 14.2. The van der Waals surface area contributed by atoms with E-state index in [0.29, 0.717) is 10.7 Å². The van der Waals surface area contributed by atoms with Crippen LogP contribution in [0.1, 0.15) is 37.7 Å². The minimum Gasteiger partial charge on any atom is -0.457 e. The number of nitrogens with zero attached hydrogens (tertiary/aromatic N) is 1. The molecule has 2 saturated heterocycles. The number of nitrogens with one attached hydrogen (secondary N) is 4. The standard InChI is InChI=1S/C31H35N5O4S/c1-3-25(37)33-19-9-11-20(12-10-19)34-29(38)28-27-26-24(15-16-32-30(26)41-28)36(31(39)35-27)23-14-13-22(17-18(23)2)40-21-7-5-4-6-8-21/h3-8,13-14,17,19-20,24,26,30,32H,1,9-12,15-16H2,2H3,(H,33,37)(H,34,38)(H,35,39). The van der Waals surface area contributed by atoms with Gasteiger partial charge in [-0.2, -0.15) is 0 Å². The molecule has 0 aromatic heterocycles. The van der Waals surface area contributed by atoms with Gasteiger partial charge in [-0.1, -0.05) is 36.5 Å². The largest absolute Gasteiger partial charge is 0.457 e. The lowest BCUT2D eigenvalue weighted by molar-refractivity contribution is -0.119. The van der Waals surface area contributed by atoms with E-state index in [9.17, 15) is 14.4 Å². The van der Waals surface area contributed by atoms with Crippen molar-refractivity contribution < 1.29 is 19.1 Å². The van der Waals surface area contributed by atoms with Gasteiger partial charge >= 0.3 is 6.03 Å². The van der Waals surface area contributed by atoms with Gasteiger partial charge in [0.05, 0.1) is 16.3 Å². The second-order valence-electron chi connectivity index (χ2n) is 11.0. The minimum absolute atomic E-state index is 0.0124. The Morgan fingerprint density at radius 3 is 2.46 bits per heavy atom. The molecule has 2 aromatic carbocycles. The summed E-state index contributed by atoms with van der Waals surface area (Å²) in [6.07, 6.45) is 5.26. The van der Waals surface area contributed by atoms with E-state index in [2.05, 4.69) is 27.8 Å². The number of carbonyl (C=O) groups excluding carboxylic acids is 3. The summed E-state index contributed by atoms with van der Waals surface area (Å²) in [4.78, 5) is 41.2. The van der Waals surface area contributed by atoms with Gasteiger partial charge in [-0.05, 0) is 87.5 Å². The van der Waals surface area contributed by atoms with Gasteiger partial charge in [0.15, 0.2) is 0 Å². The van der Waals surface area contributed by atoms with Gasteiger partial charge in [-0.15, -0.1) is 0 Å². The Labute approximate surface area is 244 Å². The summed E-state index contributed by atoms with van der Waals surface area (Å²) in [5.41, 5.74) is 2.51. The number of thioether (sulfide) groups is 1. The molecular weight excluding hydrogens is 538 g/mol. The Morgan fingerprint density at radius 1 is 1.02 bits per heavy atom. The number of para-hydroxylation sites is 1. The number of rotatable bonds is 7. The summed E-state index contributed by atoms with van der Waals surface area (Å²) < 4.78 is 6.00. The molecule has 6 rings (SSSR count). The van der Waals surface area contributed by atoms with Crippen molar-refractivity contribution in [1.82, 2.24) is 21.3 Å². The van der Waals surface area contributed by atoms with Gasteiger partial charge in [-0.25, -0.2) is 4.79 Å². The highest BCUT2D eigenvalue weighted by atomic mass is 32.2. The van der Waals surface area contributed by atoms with E-state index in [1.54, 1.807) is 0 Å². The molecule has 4 aliphatic rings. The molecule has 9 nitrogen and oxygen atoms in total. The number of urea groups is 1. The van der Waals surface area contributed by atoms with Crippen LogP contribution < -0.4 is 30.9 Å². The zero-order valence-electron chi connectivity index (χ0n) is 23.0. The lowest BCUT2D eigenvalue weighted by Crippen LogP contribution is -2.62. The number of piperidine rings is 1. The van der Waals surface area contributed by atoms with E-state index in [-0.39, 0.29) is 47.3 Å². The average Bonchev–Trinajstić information content (AvgIpc) is 3.35. The number of ether oxygens (including phenoxy) is 1. The van der Waals surface area contributed by atoms with Crippen molar-refractivity contribution in [1.29, 1.82) is 0 Å². The third kappa shape index (κ3) is 5.58. The first-order valence-corrected chi connectivity index (χ1v) is 15.1. The normalized spacial score (nSPS) is 27.0. The second-order valence-corrected chi connectivity index (χ2v) is 12.2. The molecule has 3 aliphatic heterocycles. The van der Waals surface area contributed by atoms with Crippen LogP contribution >= 0.6 is 11.8 Å². The van der Waals surface area contributed by atoms with Crippen molar-refractivity contribution in [2.75, 3.05) is 11.4 Å². The molecule has 3 unspecified atom stereocenters. The fourth-order valence-corrected chi connectivity index (χ4v) is 7.78. The number of aryl methyl sites for hydroxylation is 1. The van der Waals surface area contributed by atoms with Crippen LogP contribution in [0.25, 0.3) is 0 Å². The van der Waals surface area contributed by atoms with E-state index in [1.165, 1.54) is 17.8 Å². The van der Waals surface area contributed by atoms with Crippen LogP contribution in [-0.4, -0.2) is 47.9 Å². The predicted octanol–water partition coefficient (Wildman–Crippen LogP) is 4.31. The molecule has 1 aliphatic carbocycles. The van der Waals surface area contributed by atoms with Gasteiger partial charge in [-0.3, -0.25) is 14.5 Å². The number of hydrogen-bond donors (Lipinski definition) is 4. The van der Waals surface area contributed by atoms with Crippen molar-refractivity contribution in [3.05, 3.63) is 77.4 Å². The van der Waals surface area contributed by atoms with Gasteiger partial charge in [0, 0.05) is 29.4 Å². The van der Waals surface area contributed by atoms with Gasteiger partial charge in [0.1, 0.15) is 11.5 Å².